The molecule has 0 radical (unpaired) electrons. The van der Waals surface area contributed by atoms with Crippen molar-refractivity contribution < 1.29 is 39.0 Å². The first-order valence-corrected chi connectivity index (χ1v) is 15.7. The maximum atomic E-state index is 13.5. The van der Waals surface area contributed by atoms with Crippen molar-refractivity contribution in [3.63, 3.8) is 0 Å². The van der Waals surface area contributed by atoms with Gasteiger partial charge in [-0.3, -0.25) is 24.0 Å². The number of amides is 5. The Hall–Kier alpha value is -4.63. The average Bonchev–Trinajstić information content (AvgIpc) is 3.02. The van der Waals surface area contributed by atoms with E-state index in [0.29, 0.717) is 11.1 Å². The van der Waals surface area contributed by atoms with Gasteiger partial charge in [-0.1, -0.05) is 56.3 Å². The second kappa shape index (κ2) is 19.1. The molecule has 14 nitrogen and oxygen atoms in total. The minimum atomic E-state index is -1.27. The Morgan fingerprint density at radius 2 is 1.30 bits per heavy atom. The molecule has 2 aromatic rings. The minimum absolute atomic E-state index is 0.0486. The molecule has 15 heteroatoms. The lowest BCUT2D eigenvalue weighted by Gasteiger charge is -2.25. The van der Waals surface area contributed by atoms with Crippen molar-refractivity contribution in [2.24, 2.45) is 11.7 Å². The number of rotatable bonds is 18. The van der Waals surface area contributed by atoms with Crippen molar-refractivity contribution in [1.82, 2.24) is 26.6 Å². The van der Waals surface area contributed by atoms with Crippen molar-refractivity contribution in [3.05, 3.63) is 65.7 Å². The van der Waals surface area contributed by atoms with Crippen molar-refractivity contribution in [1.29, 1.82) is 0 Å². The molecule has 0 aliphatic heterocycles. The molecular formula is C32H44N6O8S. The van der Waals surface area contributed by atoms with Gasteiger partial charge in [0.25, 0.3) is 0 Å². The van der Waals surface area contributed by atoms with Gasteiger partial charge < -0.3 is 42.5 Å². The lowest BCUT2D eigenvalue weighted by Crippen LogP contribution is -2.57. The summed E-state index contributed by atoms with van der Waals surface area (Å²) in [5.74, 6) is -4.75. The lowest BCUT2D eigenvalue weighted by atomic mass is 10.0. The van der Waals surface area contributed by atoms with E-state index in [9.17, 15) is 39.0 Å². The summed E-state index contributed by atoms with van der Waals surface area (Å²) in [6.45, 7) is 4.57. The molecular weight excluding hydrogens is 628 g/mol. The molecule has 47 heavy (non-hydrogen) atoms. The number of carbonyl (C=O) groups is 6. The normalized spacial score (nSPS) is 14.1. The molecule has 0 heterocycles. The molecule has 0 fully saturated rings. The van der Waals surface area contributed by atoms with Crippen LogP contribution in [0.1, 0.15) is 38.3 Å². The molecule has 0 aromatic heterocycles. The van der Waals surface area contributed by atoms with Gasteiger partial charge in [0.1, 0.15) is 29.9 Å². The minimum Gasteiger partial charge on any atom is -0.508 e. The molecule has 2 aromatic carbocycles. The smallest absolute Gasteiger partial charge is 0.327 e. The first-order valence-electron chi connectivity index (χ1n) is 15.1. The predicted molar refractivity (Wildman–Crippen MR) is 177 cm³/mol. The first-order chi connectivity index (χ1) is 22.2. The van der Waals surface area contributed by atoms with Crippen molar-refractivity contribution >= 4 is 48.1 Å². The summed E-state index contributed by atoms with van der Waals surface area (Å²) in [7, 11) is 0. The number of carboxylic acids is 1. The van der Waals surface area contributed by atoms with E-state index in [-0.39, 0.29) is 36.7 Å². The number of phenols is 1. The highest BCUT2D eigenvalue weighted by molar-refractivity contribution is 7.80. The van der Waals surface area contributed by atoms with Crippen LogP contribution in [0.4, 0.5) is 0 Å². The summed E-state index contributed by atoms with van der Waals surface area (Å²) in [6, 6.07) is 9.50. The van der Waals surface area contributed by atoms with Crippen LogP contribution in [0.5, 0.6) is 5.75 Å². The number of benzene rings is 2. The summed E-state index contributed by atoms with van der Waals surface area (Å²) in [6.07, 6.45) is 0.422. The maximum Gasteiger partial charge on any atom is 0.327 e. The zero-order valence-electron chi connectivity index (χ0n) is 26.6. The predicted octanol–water partition coefficient (Wildman–Crippen LogP) is -0.359. The molecule has 9 N–H and O–H groups in total. The van der Waals surface area contributed by atoms with E-state index in [2.05, 4.69) is 39.2 Å². The Kier molecular flexibility index (Phi) is 15.7. The Labute approximate surface area is 279 Å². The largest absolute Gasteiger partial charge is 0.508 e. The fraction of sp³-hybridized carbons (Fsp3) is 0.438. The number of hydrogen-bond acceptors (Lipinski definition) is 9. The summed E-state index contributed by atoms with van der Waals surface area (Å²) in [5, 5.41) is 31.2. The number of phenolic OH excluding ortho intramolecular Hbond substituents is 1. The number of nitrogens with two attached hydrogens (primary N) is 1. The van der Waals surface area contributed by atoms with Gasteiger partial charge in [-0.2, -0.15) is 12.6 Å². The highest BCUT2D eigenvalue weighted by atomic mass is 32.1. The molecule has 0 spiro atoms. The van der Waals surface area contributed by atoms with Gasteiger partial charge in [0, 0.05) is 12.2 Å². The molecule has 0 saturated heterocycles. The number of aromatic hydroxyl groups is 1. The molecule has 5 amide bonds. The van der Waals surface area contributed by atoms with E-state index < -0.39 is 72.3 Å². The van der Waals surface area contributed by atoms with Gasteiger partial charge in [0.15, 0.2) is 0 Å². The van der Waals surface area contributed by atoms with Crippen molar-refractivity contribution in [2.75, 3.05) is 12.3 Å². The highest BCUT2D eigenvalue weighted by Crippen LogP contribution is 2.11. The summed E-state index contributed by atoms with van der Waals surface area (Å²) < 4.78 is 0. The Balaban J connectivity index is 2.03. The molecule has 5 atom stereocenters. The summed E-state index contributed by atoms with van der Waals surface area (Å²) >= 11 is 3.96. The lowest BCUT2D eigenvalue weighted by molar-refractivity contribution is -0.141. The first kappa shape index (κ1) is 38.6. The van der Waals surface area contributed by atoms with Crippen LogP contribution in [0.25, 0.3) is 0 Å². The third-order valence-corrected chi connectivity index (χ3v) is 7.34. The van der Waals surface area contributed by atoms with E-state index in [4.69, 9.17) is 5.73 Å². The highest BCUT2D eigenvalue weighted by Gasteiger charge is 2.30. The topological polar surface area (TPSA) is 229 Å². The van der Waals surface area contributed by atoms with Gasteiger partial charge in [-0.15, -0.1) is 0 Å². The maximum absolute atomic E-state index is 13.5. The van der Waals surface area contributed by atoms with Crippen LogP contribution < -0.4 is 32.3 Å². The SMILES string of the molecule is CC(C)C[C@@H](NC(=O)[C@H](Cc1ccccc1)NC(=O)CNC(=O)[C@@H](C)NC(=O)[C@@H](N)Cc1ccc(O)cc1)C(=O)N[C@@H](CS)C(=O)O. The Morgan fingerprint density at radius 3 is 1.87 bits per heavy atom. The quantitative estimate of drug-likeness (QED) is 0.0941. The number of hydrogen-bond donors (Lipinski definition) is 9. The number of carboxylic acid groups (broad SMARTS) is 1. The van der Waals surface area contributed by atoms with Crippen LogP contribution in [-0.4, -0.2) is 88.2 Å². The van der Waals surface area contributed by atoms with Crippen molar-refractivity contribution in [2.45, 2.75) is 70.2 Å². The van der Waals surface area contributed by atoms with Crippen LogP contribution in [0.3, 0.4) is 0 Å². The number of aliphatic carboxylic acids is 1. The molecule has 0 unspecified atom stereocenters. The van der Waals surface area contributed by atoms with Gasteiger partial charge in [-0.25, -0.2) is 4.79 Å². The van der Waals surface area contributed by atoms with Crippen LogP contribution in [0.15, 0.2) is 54.6 Å². The second-order valence-corrected chi connectivity index (χ2v) is 11.9. The van der Waals surface area contributed by atoms with Crippen LogP contribution in [0.2, 0.25) is 0 Å². The van der Waals surface area contributed by atoms with Gasteiger partial charge in [-0.05, 0) is 48.9 Å². The van der Waals surface area contributed by atoms with Crippen molar-refractivity contribution in [3.8, 4) is 5.75 Å². The summed E-state index contributed by atoms with van der Waals surface area (Å²) in [5.41, 5.74) is 7.39. The standard InChI is InChI=1S/C32H44N6O8S/c1-18(2)13-24(30(43)38-26(17-47)32(45)46)37-31(44)25(15-20-7-5-4-6-8-20)36-27(40)16-34-28(41)19(3)35-29(42)23(33)14-21-9-11-22(39)12-10-21/h4-12,18-19,23-26,39,47H,13-17,33H2,1-3H3,(H,34,41)(H,35,42)(H,36,40)(H,37,44)(H,38,43)(H,45,46)/t19-,23+,24-,25+,26+/m1/s1. The summed E-state index contributed by atoms with van der Waals surface area (Å²) in [4.78, 5) is 75.9. The zero-order valence-corrected chi connectivity index (χ0v) is 27.5. The van der Waals surface area contributed by atoms with Gasteiger partial charge in [0.2, 0.25) is 29.5 Å². The third-order valence-electron chi connectivity index (χ3n) is 6.98. The van der Waals surface area contributed by atoms with Gasteiger partial charge >= 0.3 is 5.97 Å². The average molecular weight is 673 g/mol. The van der Waals surface area contributed by atoms with E-state index >= 15 is 0 Å². The zero-order chi connectivity index (χ0) is 35.1. The molecule has 0 bridgehead atoms. The monoisotopic (exact) mass is 672 g/mol. The Morgan fingerprint density at radius 1 is 0.723 bits per heavy atom. The molecule has 0 aliphatic rings. The number of carbonyl (C=O) groups excluding carboxylic acids is 5. The number of nitrogens with one attached hydrogen (secondary N) is 5. The molecule has 0 aliphatic carbocycles. The number of thiol groups is 1. The van der Waals surface area contributed by atoms with Crippen LogP contribution in [0, 0.1) is 5.92 Å². The van der Waals surface area contributed by atoms with E-state index in [1.165, 1.54) is 19.1 Å². The van der Waals surface area contributed by atoms with E-state index in [0.717, 1.165) is 0 Å². The third kappa shape index (κ3) is 13.7. The van der Waals surface area contributed by atoms with E-state index in [1.54, 1.807) is 42.5 Å². The fourth-order valence-electron chi connectivity index (χ4n) is 4.42. The molecule has 0 saturated carbocycles. The second-order valence-electron chi connectivity index (χ2n) is 11.5. The molecule has 2 rings (SSSR count). The van der Waals surface area contributed by atoms with Crippen LogP contribution >= 0.6 is 12.6 Å². The van der Waals surface area contributed by atoms with E-state index in [1.807, 2.05) is 13.8 Å². The van der Waals surface area contributed by atoms with Crippen LogP contribution in [-0.2, 0) is 41.6 Å². The Bertz CT molecular complexity index is 1380. The van der Waals surface area contributed by atoms with Gasteiger partial charge in [0.05, 0.1) is 12.6 Å². The molecule has 256 valence electrons. The fourth-order valence-corrected chi connectivity index (χ4v) is 4.67.